The van der Waals surface area contributed by atoms with E-state index in [-0.39, 0.29) is 12.3 Å². The summed E-state index contributed by atoms with van der Waals surface area (Å²) in [5.74, 6) is -0.321. The predicted octanol–water partition coefficient (Wildman–Crippen LogP) is 1.58. The summed E-state index contributed by atoms with van der Waals surface area (Å²) in [4.78, 5) is 22.3. The number of benzene rings is 1. The van der Waals surface area contributed by atoms with Crippen LogP contribution in [0.3, 0.4) is 0 Å². The zero-order chi connectivity index (χ0) is 13.7. The van der Waals surface area contributed by atoms with Crippen LogP contribution in [0.15, 0.2) is 30.3 Å². The minimum absolute atomic E-state index is 0.0623. The fraction of sp³-hybridized carbons (Fsp3) is 0.429. The summed E-state index contributed by atoms with van der Waals surface area (Å²) in [6, 6.07) is 9.24. The van der Waals surface area contributed by atoms with Gasteiger partial charge in [-0.05, 0) is 18.6 Å². The number of carboxylic acid groups (broad SMARTS) is 1. The minimum Gasteiger partial charge on any atom is -0.481 e. The molecular weight excluding hydrogens is 246 g/mol. The van der Waals surface area contributed by atoms with Crippen molar-refractivity contribution in [2.45, 2.75) is 31.3 Å². The maximum absolute atomic E-state index is 12.0. The topological polar surface area (TPSA) is 75.6 Å². The Morgan fingerprint density at radius 2 is 1.95 bits per heavy atom. The standard InChI is InChI=1S/C14H17NO4/c16-12(17)7-4-10-15-13(18)14(8-9-14)19-11-5-2-1-3-6-11/h1-3,5-6H,4,7-10H2,(H,15,18)(H,16,17). The smallest absolute Gasteiger partial charge is 0.303 e. The van der Waals surface area contributed by atoms with Crippen LogP contribution in [0.4, 0.5) is 0 Å². The molecule has 0 spiro atoms. The second-order valence-electron chi connectivity index (χ2n) is 4.66. The first-order valence-corrected chi connectivity index (χ1v) is 6.37. The van der Waals surface area contributed by atoms with Gasteiger partial charge in [-0.1, -0.05) is 18.2 Å². The molecule has 1 aromatic carbocycles. The van der Waals surface area contributed by atoms with E-state index in [4.69, 9.17) is 9.84 Å². The molecule has 0 aliphatic heterocycles. The monoisotopic (exact) mass is 263 g/mol. The van der Waals surface area contributed by atoms with Gasteiger partial charge in [-0.25, -0.2) is 0 Å². The van der Waals surface area contributed by atoms with Crippen LogP contribution in [0.25, 0.3) is 0 Å². The molecule has 0 heterocycles. The van der Waals surface area contributed by atoms with Gasteiger partial charge in [0.05, 0.1) is 0 Å². The van der Waals surface area contributed by atoms with E-state index >= 15 is 0 Å². The lowest BCUT2D eigenvalue weighted by atomic mass is 10.2. The molecule has 0 aromatic heterocycles. The van der Waals surface area contributed by atoms with Gasteiger partial charge < -0.3 is 15.2 Å². The highest BCUT2D eigenvalue weighted by Crippen LogP contribution is 2.40. The summed E-state index contributed by atoms with van der Waals surface area (Å²) in [5.41, 5.74) is -0.745. The fourth-order valence-corrected chi connectivity index (χ4v) is 1.81. The number of carboxylic acids is 1. The van der Waals surface area contributed by atoms with Crippen LogP contribution in [0.2, 0.25) is 0 Å². The number of carbonyl (C=O) groups excluding carboxylic acids is 1. The number of amides is 1. The second-order valence-corrected chi connectivity index (χ2v) is 4.66. The zero-order valence-electron chi connectivity index (χ0n) is 10.6. The Bertz CT molecular complexity index is 454. The third kappa shape index (κ3) is 3.71. The van der Waals surface area contributed by atoms with Crippen LogP contribution in [0, 0.1) is 0 Å². The van der Waals surface area contributed by atoms with Crippen LogP contribution in [0.5, 0.6) is 5.75 Å². The highest BCUT2D eigenvalue weighted by Gasteiger charge is 2.52. The van der Waals surface area contributed by atoms with Crippen LogP contribution < -0.4 is 10.1 Å². The molecule has 1 fully saturated rings. The molecule has 1 aromatic rings. The van der Waals surface area contributed by atoms with Gasteiger partial charge in [-0.2, -0.15) is 0 Å². The number of ether oxygens (including phenoxy) is 1. The largest absolute Gasteiger partial charge is 0.481 e. The van der Waals surface area contributed by atoms with Crippen molar-refractivity contribution in [3.05, 3.63) is 30.3 Å². The lowest BCUT2D eigenvalue weighted by Crippen LogP contribution is -2.40. The van der Waals surface area contributed by atoms with Crippen molar-refractivity contribution in [2.24, 2.45) is 0 Å². The van der Waals surface area contributed by atoms with Gasteiger partial charge in [0.1, 0.15) is 5.75 Å². The number of aliphatic carboxylic acids is 1. The summed E-state index contributed by atoms with van der Waals surface area (Å²) in [7, 11) is 0. The van der Waals surface area contributed by atoms with E-state index in [2.05, 4.69) is 5.32 Å². The van der Waals surface area contributed by atoms with Crippen LogP contribution >= 0.6 is 0 Å². The fourth-order valence-electron chi connectivity index (χ4n) is 1.81. The average molecular weight is 263 g/mol. The Morgan fingerprint density at radius 3 is 2.53 bits per heavy atom. The third-order valence-electron chi connectivity index (χ3n) is 3.03. The molecule has 1 aliphatic carbocycles. The molecule has 0 unspecified atom stereocenters. The van der Waals surface area contributed by atoms with Crippen molar-refractivity contribution in [1.29, 1.82) is 0 Å². The zero-order valence-corrected chi connectivity index (χ0v) is 10.6. The molecule has 0 bridgehead atoms. The van der Waals surface area contributed by atoms with Gasteiger partial charge >= 0.3 is 5.97 Å². The lowest BCUT2D eigenvalue weighted by Gasteiger charge is -2.17. The molecule has 1 saturated carbocycles. The Labute approximate surface area is 111 Å². The van der Waals surface area contributed by atoms with E-state index in [0.29, 0.717) is 31.6 Å². The van der Waals surface area contributed by atoms with E-state index in [1.807, 2.05) is 30.3 Å². The lowest BCUT2D eigenvalue weighted by molar-refractivity contribution is -0.137. The molecular formula is C14H17NO4. The molecule has 0 radical (unpaired) electrons. The maximum atomic E-state index is 12.0. The highest BCUT2D eigenvalue weighted by molar-refractivity contribution is 5.88. The predicted molar refractivity (Wildman–Crippen MR) is 68.9 cm³/mol. The first-order chi connectivity index (χ1) is 9.12. The first kappa shape index (κ1) is 13.4. The van der Waals surface area contributed by atoms with E-state index in [9.17, 15) is 9.59 Å². The van der Waals surface area contributed by atoms with Crippen molar-refractivity contribution in [3.63, 3.8) is 0 Å². The Kier molecular flexibility index (Phi) is 4.04. The normalized spacial score (nSPS) is 15.6. The molecule has 2 N–H and O–H groups in total. The minimum atomic E-state index is -0.851. The van der Waals surface area contributed by atoms with Crippen molar-refractivity contribution in [3.8, 4) is 5.75 Å². The summed E-state index contributed by atoms with van der Waals surface area (Å²) < 4.78 is 5.72. The van der Waals surface area contributed by atoms with E-state index < -0.39 is 11.6 Å². The number of rotatable bonds is 7. The van der Waals surface area contributed by atoms with Gasteiger partial charge in [0.15, 0.2) is 5.60 Å². The van der Waals surface area contributed by atoms with E-state index in [1.54, 1.807) is 0 Å². The molecule has 5 heteroatoms. The van der Waals surface area contributed by atoms with Crippen molar-refractivity contribution < 1.29 is 19.4 Å². The maximum Gasteiger partial charge on any atom is 0.303 e. The van der Waals surface area contributed by atoms with Gasteiger partial charge in [-0.3, -0.25) is 9.59 Å². The number of nitrogens with one attached hydrogen (secondary N) is 1. The summed E-state index contributed by atoms with van der Waals surface area (Å²) in [6.07, 6.45) is 1.90. The average Bonchev–Trinajstić information content (AvgIpc) is 3.16. The van der Waals surface area contributed by atoms with Crippen molar-refractivity contribution in [1.82, 2.24) is 5.32 Å². The molecule has 2 rings (SSSR count). The SMILES string of the molecule is O=C(O)CCCNC(=O)C1(Oc2ccccc2)CC1. The number of para-hydroxylation sites is 1. The number of carbonyl (C=O) groups is 2. The first-order valence-electron chi connectivity index (χ1n) is 6.37. The molecule has 19 heavy (non-hydrogen) atoms. The summed E-state index contributed by atoms with van der Waals surface area (Å²) in [6.45, 7) is 0.366. The van der Waals surface area contributed by atoms with E-state index in [0.717, 1.165) is 0 Å². The van der Waals surface area contributed by atoms with Gasteiger partial charge in [0.2, 0.25) is 0 Å². The molecule has 0 atom stereocenters. The molecule has 5 nitrogen and oxygen atoms in total. The Hall–Kier alpha value is -2.04. The van der Waals surface area contributed by atoms with Gasteiger partial charge in [-0.15, -0.1) is 0 Å². The quantitative estimate of drug-likeness (QED) is 0.732. The Morgan fingerprint density at radius 1 is 1.26 bits per heavy atom. The molecule has 102 valence electrons. The van der Waals surface area contributed by atoms with Crippen molar-refractivity contribution in [2.75, 3.05) is 6.54 Å². The van der Waals surface area contributed by atoms with Gasteiger partial charge in [0, 0.05) is 25.8 Å². The Balaban J connectivity index is 1.80. The van der Waals surface area contributed by atoms with Crippen LogP contribution in [0.1, 0.15) is 25.7 Å². The summed E-state index contributed by atoms with van der Waals surface area (Å²) >= 11 is 0. The van der Waals surface area contributed by atoms with Crippen LogP contribution in [-0.4, -0.2) is 29.1 Å². The molecule has 0 saturated heterocycles. The highest BCUT2D eigenvalue weighted by atomic mass is 16.5. The second kappa shape index (κ2) is 5.73. The number of hydrogen-bond acceptors (Lipinski definition) is 3. The van der Waals surface area contributed by atoms with Crippen LogP contribution in [-0.2, 0) is 9.59 Å². The van der Waals surface area contributed by atoms with Crippen molar-refractivity contribution >= 4 is 11.9 Å². The van der Waals surface area contributed by atoms with E-state index in [1.165, 1.54) is 0 Å². The summed E-state index contributed by atoms with van der Waals surface area (Å²) in [5, 5.41) is 11.2. The molecule has 1 amide bonds. The van der Waals surface area contributed by atoms with Gasteiger partial charge in [0.25, 0.3) is 5.91 Å². The molecule has 1 aliphatic rings. The number of hydrogen-bond donors (Lipinski definition) is 2. The third-order valence-corrected chi connectivity index (χ3v) is 3.03.